The maximum atomic E-state index is 5.35. The summed E-state index contributed by atoms with van der Waals surface area (Å²) in [6, 6.07) is 2.51. The topological polar surface area (TPSA) is 15.7 Å². The first kappa shape index (κ1) is 10.1. The Morgan fingerprint density at radius 2 is 1.53 bits per heavy atom. The Kier molecular flexibility index (Phi) is 2.71. The van der Waals surface area contributed by atoms with E-state index in [0.717, 1.165) is 31.3 Å². The minimum absolute atomic E-state index is 0.755. The highest BCUT2D eigenvalue weighted by molar-refractivity contribution is 4.96. The summed E-state index contributed by atoms with van der Waals surface area (Å²) in [5, 5.41) is 0. The van der Waals surface area contributed by atoms with Gasteiger partial charge in [0, 0.05) is 12.1 Å². The van der Waals surface area contributed by atoms with E-state index in [0.29, 0.717) is 0 Å². The molecule has 3 fully saturated rings. The average molecular weight is 210 g/mol. The molecule has 0 N–H and O–H groups in total. The van der Waals surface area contributed by atoms with Gasteiger partial charge in [-0.25, -0.2) is 0 Å². The Morgan fingerprint density at radius 1 is 0.933 bits per heavy atom. The van der Waals surface area contributed by atoms with Crippen molar-refractivity contribution in [2.75, 3.05) is 33.4 Å². The summed E-state index contributed by atoms with van der Waals surface area (Å²) in [5.74, 6) is 0. The smallest absolute Gasteiger partial charge is 0.0645 e. The average Bonchev–Trinajstić information content (AvgIpc) is 2.96. The molecule has 3 rings (SSSR count). The molecule has 0 radical (unpaired) electrons. The van der Waals surface area contributed by atoms with Gasteiger partial charge in [-0.3, -0.25) is 4.90 Å². The summed E-state index contributed by atoms with van der Waals surface area (Å²) in [5.41, 5.74) is 0. The molecule has 3 aliphatic rings. The van der Waals surface area contributed by atoms with E-state index < -0.39 is 0 Å². The van der Waals surface area contributed by atoms with Crippen molar-refractivity contribution in [3.63, 3.8) is 0 Å². The molecule has 15 heavy (non-hydrogen) atoms. The van der Waals surface area contributed by atoms with Crippen LogP contribution >= 0.6 is 0 Å². The van der Waals surface area contributed by atoms with Gasteiger partial charge in [-0.05, 0) is 45.8 Å². The lowest BCUT2D eigenvalue weighted by molar-refractivity contribution is -0.0897. The molecule has 0 aromatic heterocycles. The summed E-state index contributed by atoms with van der Waals surface area (Å²) in [6.07, 6.45) is 5.60. The summed E-state index contributed by atoms with van der Waals surface area (Å²) in [6.45, 7) is 4.54. The molecule has 3 heteroatoms. The molecule has 2 heterocycles. The first-order valence-electron chi connectivity index (χ1n) is 6.38. The number of rotatable bonds is 3. The molecule has 0 unspecified atom stereocenters. The number of nitrogens with zero attached hydrogens (tertiary/aromatic N) is 2. The van der Waals surface area contributed by atoms with E-state index in [-0.39, 0.29) is 0 Å². The van der Waals surface area contributed by atoms with Crippen LogP contribution in [0.4, 0.5) is 0 Å². The van der Waals surface area contributed by atoms with Crippen LogP contribution in [0.15, 0.2) is 0 Å². The lowest BCUT2D eigenvalue weighted by Gasteiger charge is -2.45. The van der Waals surface area contributed by atoms with Crippen molar-refractivity contribution >= 4 is 0 Å². The molecular weight excluding hydrogens is 188 g/mol. The van der Waals surface area contributed by atoms with Gasteiger partial charge in [-0.2, -0.15) is 0 Å². The third kappa shape index (κ3) is 2.05. The van der Waals surface area contributed by atoms with Crippen LogP contribution in [0.5, 0.6) is 0 Å². The number of piperidine rings is 1. The van der Waals surface area contributed by atoms with E-state index >= 15 is 0 Å². The van der Waals surface area contributed by atoms with Crippen molar-refractivity contribution in [3.05, 3.63) is 0 Å². The van der Waals surface area contributed by atoms with Gasteiger partial charge in [0.2, 0.25) is 0 Å². The van der Waals surface area contributed by atoms with Crippen molar-refractivity contribution in [1.82, 2.24) is 9.80 Å². The van der Waals surface area contributed by atoms with Gasteiger partial charge in [0.15, 0.2) is 0 Å². The Balaban J connectivity index is 1.61. The van der Waals surface area contributed by atoms with Gasteiger partial charge >= 0.3 is 0 Å². The van der Waals surface area contributed by atoms with E-state index in [9.17, 15) is 0 Å². The van der Waals surface area contributed by atoms with Crippen molar-refractivity contribution in [2.45, 2.75) is 43.8 Å². The predicted octanol–water partition coefficient (Wildman–Crippen LogP) is 0.944. The molecule has 0 spiro atoms. The van der Waals surface area contributed by atoms with E-state index in [1.165, 1.54) is 38.8 Å². The third-order valence-electron chi connectivity index (χ3n) is 4.12. The lowest BCUT2D eigenvalue weighted by atomic mass is 10.0. The summed E-state index contributed by atoms with van der Waals surface area (Å²) >= 11 is 0. The normalized spacial score (nSPS) is 30.8. The summed E-state index contributed by atoms with van der Waals surface area (Å²) < 4.78 is 5.35. The van der Waals surface area contributed by atoms with Gasteiger partial charge in [0.05, 0.1) is 19.3 Å². The molecule has 0 atom stereocenters. The third-order valence-corrected chi connectivity index (χ3v) is 4.12. The maximum Gasteiger partial charge on any atom is 0.0645 e. The second kappa shape index (κ2) is 4.04. The molecule has 2 aliphatic heterocycles. The zero-order valence-electron chi connectivity index (χ0n) is 9.69. The maximum absolute atomic E-state index is 5.35. The molecule has 0 bridgehead atoms. The number of hydrogen-bond donors (Lipinski definition) is 0. The Labute approximate surface area is 92.4 Å². The molecule has 1 aliphatic carbocycles. The molecular formula is C12H22N2O. The highest BCUT2D eigenvalue weighted by Gasteiger charge is 2.41. The van der Waals surface area contributed by atoms with Crippen molar-refractivity contribution in [3.8, 4) is 0 Å². The van der Waals surface area contributed by atoms with Crippen LogP contribution < -0.4 is 0 Å². The van der Waals surface area contributed by atoms with Crippen LogP contribution in [0.3, 0.4) is 0 Å². The molecule has 0 aromatic carbocycles. The monoisotopic (exact) mass is 210 g/mol. The largest absolute Gasteiger partial charge is 0.378 e. The molecule has 2 saturated heterocycles. The quantitative estimate of drug-likeness (QED) is 0.689. The first-order valence-corrected chi connectivity index (χ1v) is 6.38. The van der Waals surface area contributed by atoms with Crippen LogP contribution in [0.2, 0.25) is 0 Å². The van der Waals surface area contributed by atoms with Crippen LogP contribution in [0.25, 0.3) is 0 Å². The molecule has 0 amide bonds. The molecule has 1 saturated carbocycles. The van der Waals surface area contributed by atoms with Crippen molar-refractivity contribution in [2.24, 2.45) is 0 Å². The molecule has 3 nitrogen and oxygen atoms in total. The first-order chi connectivity index (χ1) is 7.34. The minimum atomic E-state index is 0.755. The summed E-state index contributed by atoms with van der Waals surface area (Å²) in [7, 11) is 2.24. The van der Waals surface area contributed by atoms with E-state index in [4.69, 9.17) is 4.74 Å². The van der Waals surface area contributed by atoms with Gasteiger partial charge < -0.3 is 9.64 Å². The molecule has 0 aromatic rings. The Hall–Kier alpha value is -0.120. The Morgan fingerprint density at radius 3 is 2.00 bits per heavy atom. The SMILES string of the molecule is CN1CCC(N(C2CC2)C2COC2)CC1. The van der Waals surface area contributed by atoms with Gasteiger partial charge in [-0.15, -0.1) is 0 Å². The lowest BCUT2D eigenvalue weighted by Crippen LogP contribution is -2.56. The minimum Gasteiger partial charge on any atom is -0.378 e. The van der Waals surface area contributed by atoms with Gasteiger partial charge in [-0.1, -0.05) is 0 Å². The van der Waals surface area contributed by atoms with Crippen LogP contribution in [-0.4, -0.2) is 61.3 Å². The predicted molar refractivity (Wildman–Crippen MR) is 60.0 cm³/mol. The van der Waals surface area contributed by atoms with Crippen LogP contribution in [0.1, 0.15) is 25.7 Å². The highest BCUT2D eigenvalue weighted by Crippen LogP contribution is 2.35. The fourth-order valence-electron chi connectivity index (χ4n) is 2.96. The Bertz CT molecular complexity index is 218. The standard InChI is InChI=1S/C12H22N2O/c1-13-6-4-11(5-7-13)14(10-2-3-10)12-8-15-9-12/h10-12H,2-9H2,1H3. The van der Waals surface area contributed by atoms with E-state index in [1.54, 1.807) is 0 Å². The van der Waals surface area contributed by atoms with Crippen molar-refractivity contribution < 1.29 is 4.74 Å². The van der Waals surface area contributed by atoms with Gasteiger partial charge in [0.1, 0.15) is 0 Å². The zero-order valence-corrected chi connectivity index (χ0v) is 9.69. The number of ether oxygens (including phenoxy) is 1. The summed E-state index contributed by atoms with van der Waals surface area (Å²) in [4.78, 5) is 5.26. The van der Waals surface area contributed by atoms with Gasteiger partial charge in [0.25, 0.3) is 0 Å². The van der Waals surface area contributed by atoms with E-state index in [1.807, 2.05) is 0 Å². The number of hydrogen-bond acceptors (Lipinski definition) is 3. The highest BCUT2D eigenvalue weighted by atomic mass is 16.5. The fraction of sp³-hybridized carbons (Fsp3) is 1.00. The second-order valence-electron chi connectivity index (χ2n) is 5.40. The fourth-order valence-corrected chi connectivity index (χ4v) is 2.96. The number of likely N-dealkylation sites (tertiary alicyclic amines) is 1. The zero-order chi connectivity index (χ0) is 10.3. The second-order valence-corrected chi connectivity index (χ2v) is 5.40. The van der Waals surface area contributed by atoms with Crippen LogP contribution in [-0.2, 0) is 4.74 Å². The van der Waals surface area contributed by atoms with Crippen molar-refractivity contribution in [1.29, 1.82) is 0 Å². The van der Waals surface area contributed by atoms with E-state index in [2.05, 4.69) is 16.8 Å². The molecule has 86 valence electrons. The van der Waals surface area contributed by atoms with Crippen LogP contribution in [0, 0.1) is 0 Å².